The zero-order chi connectivity index (χ0) is 75.9. The number of cyclic esters (lactones) is 2. The van der Waals surface area contributed by atoms with E-state index in [9.17, 15) is 64.8 Å². The molecule has 0 unspecified atom stereocenters. The van der Waals surface area contributed by atoms with Gasteiger partial charge in [0.2, 0.25) is 43.7 Å². The molecule has 8 heterocycles. The summed E-state index contributed by atoms with van der Waals surface area (Å²) in [7, 11) is -7.85. The maximum Gasteiger partial charge on any atom is 0.410 e. The monoisotopic (exact) mass is 1510 g/mol. The van der Waals surface area contributed by atoms with Gasteiger partial charge in [0.1, 0.15) is 47.5 Å². The smallest absolute Gasteiger partial charge is 0.410 e. The second-order valence-electron chi connectivity index (χ2n) is 32.8. The molecule has 30 heteroatoms. The minimum absolute atomic E-state index is 0.0443. The van der Waals surface area contributed by atoms with Crippen molar-refractivity contribution in [2.45, 2.75) is 269 Å². The first-order valence-corrected chi connectivity index (χ1v) is 41.6. The van der Waals surface area contributed by atoms with Gasteiger partial charge in [-0.15, -0.1) is 0 Å². The number of benzene rings is 2. The number of fused-ring (bicyclic) bond motifs is 8. The minimum atomic E-state index is -3.94. The summed E-state index contributed by atoms with van der Waals surface area (Å²) in [5.41, 5.74) is 2.12. The molecule has 106 heavy (non-hydrogen) atoms. The normalized spacial score (nSPS) is 30.5. The summed E-state index contributed by atoms with van der Waals surface area (Å²) in [6, 6.07) is 7.63. The van der Waals surface area contributed by atoms with Gasteiger partial charge in [-0.25, -0.2) is 36.0 Å². The molecule has 0 aromatic heterocycles. The molecule has 0 spiro atoms. The summed E-state index contributed by atoms with van der Waals surface area (Å²) < 4.78 is 78.5. The topological polar surface area (TPSA) is 361 Å². The van der Waals surface area contributed by atoms with Crippen molar-refractivity contribution in [3.63, 3.8) is 0 Å². The molecule has 3 saturated heterocycles. The minimum Gasteiger partial charge on any atom is -0.450 e. The van der Waals surface area contributed by atoms with Crippen LogP contribution >= 0.6 is 0 Å². The predicted molar refractivity (Wildman–Crippen MR) is 389 cm³/mol. The number of alkyl carbamates (subject to hydrolysis) is 2. The van der Waals surface area contributed by atoms with Crippen LogP contribution in [-0.4, -0.2) is 182 Å². The third-order valence-electron chi connectivity index (χ3n) is 22.5. The number of nitrogens with one attached hydrogen (secondary N) is 6. The van der Waals surface area contributed by atoms with E-state index >= 15 is 0 Å². The molecule has 5 fully saturated rings. The first-order chi connectivity index (χ1) is 50.3. The van der Waals surface area contributed by atoms with Crippen LogP contribution in [0, 0.1) is 22.7 Å². The molecular formula is C76H108N10O18S2. The first kappa shape index (κ1) is 79.0. The molecule has 10 aliphatic rings. The average Bonchev–Trinajstić information content (AvgIpc) is 1.57. The van der Waals surface area contributed by atoms with Crippen molar-refractivity contribution in [3.8, 4) is 0 Å². The average molecular weight is 1510 g/mol. The van der Waals surface area contributed by atoms with Crippen LogP contribution in [0.25, 0.3) is 0 Å². The molecule has 10 amide bonds. The van der Waals surface area contributed by atoms with E-state index in [1.165, 1.54) is 20.9 Å². The molecule has 582 valence electrons. The molecule has 2 saturated carbocycles. The van der Waals surface area contributed by atoms with E-state index in [0.29, 0.717) is 71.1 Å². The van der Waals surface area contributed by atoms with E-state index in [2.05, 4.69) is 42.8 Å². The molecule has 2 aromatic carbocycles. The number of carbonyl (C=O) groups is 10. The number of sulfonamides is 2. The van der Waals surface area contributed by atoms with Gasteiger partial charge in [0.25, 0.3) is 11.8 Å². The summed E-state index contributed by atoms with van der Waals surface area (Å²) in [4.78, 5) is 144. The van der Waals surface area contributed by atoms with E-state index in [0.717, 1.165) is 106 Å². The fourth-order valence-electron chi connectivity index (χ4n) is 16.2. The number of hydrogen-bond donors (Lipinski definition) is 6. The second kappa shape index (κ2) is 33.2. The third-order valence-corrected chi connectivity index (χ3v) is 25.2. The Labute approximate surface area is 622 Å². The Hall–Kier alpha value is -8.02. The van der Waals surface area contributed by atoms with Gasteiger partial charge >= 0.3 is 24.4 Å². The molecule has 8 bridgehead atoms. The van der Waals surface area contributed by atoms with Gasteiger partial charge in [0.05, 0.1) is 37.8 Å². The Kier molecular flexibility index (Phi) is 24.8. The van der Waals surface area contributed by atoms with E-state index in [1.54, 1.807) is 51.3 Å². The first-order valence-electron chi connectivity index (χ1n) is 38.3. The molecular weight excluding hydrogens is 1410 g/mol. The van der Waals surface area contributed by atoms with Gasteiger partial charge in [0, 0.05) is 44.9 Å². The van der Waals surface area contributed by atoms with Crippen LogP contribution in [0.15, 0.2) is 48.6 Å². The molecule has 2 aliphatic carbocycles. The number of ether oxygens (including phenoxy) is 4. The molecule has 12 rings (SSSR count). The summed E-state index contributed by atoms with van der Waals surface area (Å²) in [6.07, 6.45) is 15.4. The van der Waals surface area contributed by atoms with Crippen LogP contribution in [0.2, 0.25) is 0 Å². The summed E-state index contributed by atoms with van der Waals surface area (Å²) in [6.45, 7) is 12.4. The molecule has 8 aliphatic heterocycles. The fourth-order valence-corrected chi connectivity index (χ4v) is 18.5. The highest BCUT2D eigenvalue weighted by Gasteiger charge is 2.64. The molecule has 10 atom stereocenters. The number of carbonyl (C=O) groups excluding carboxylic acids is 10. The van der Waals surface area contributed by atoms with Gasteiger partial charge < -0.3 is 50.0 Å². The third kappa shape index (κ3) is 19.3. The number of aryl methyl sites for hydroxylation is 2. The fraction of sp³-hybridized carbons (Fsp3) is 0.684. The number of amides is 10. The number of rotatable bonds is 4. The lowest BCUT2D eigenvalue weighted by Crippen LogP contribution is -2.60. The molecule has 0 radical (unpaired) electrons. The highest BCUT2D eigenvalue weighted by molar-refractivity contribution is 7.90. The Morgan fingerprint density at radius 2 is 0.934 bits per heavy atom. The van der Waals surface area contributed by atoms with Crippen LogP contribution < -0.4 is 30.7 Å². The summed E-state index contributed by atoms with van der Waals surface area (Å²) in [5, 5.41) is 11.1. The van der Waals surface area contributed by atoms with Crippen LogP contribution in [-0.2, 0) is 107 Å². The molecule has 28 nitrogen and oxygen atoms in total. The van der Waals surface area contributed by atoms with Crippen molar-refractivity contribution < 1.29 is 83.7 Å². The Balaban J connectivity index is 0.000000212. The van der Waals surface area contributed by atoms with E-state index in [4.69, 9.17) is 18.9 Å². The number of allylic oxidation sites excluding steroid dienone is 1. The van der Waals surface area contributed by atoms with Crippen LogP contribution in [0.5, 0.6) is 0 Å². The molecule has 6 N–H and O–H groups in total. The Morgan fingerprint density at radius 3 is 1.42 bits per heavy atom. The van der Waals surface area contributed by atoms with Crippen molar-refractivity contribution in [2.75, 3.05) is 37.8 Å². The van der Waals surface area contributed by atoms with Crippen molar-refractivity contribution in [1.29, 1.82) is 0 Å². The van der Waals surface area contributed by atoms with Gasteiger partial charge in [-0.3, -0.25) is 48.0 Å². The maximum atomic E-state index is 14.5. The molecule has 2 aromatic rings. The standard InChI is InChI=1S/C38H55N5O9S.C38H53N5O9S/c2*1-37(2,3)31-33(45)43-23-28(20-30(43)32(44)40-38-21-27(38)17-10-5-4-8-12-19-53(49,50)41-34(38)46)52-36(48)42-22-26-16-13-15-25(29(26)24-42)14-9-6-7-11-18-51-35(47)39-31/h13,15-16,27-28,30-31H,4-12,14,17-24H2,1-3H3,(H,39,47)(H,40,44)(H,41,46);10,13,15-17,27-28,30-31H,4-9,11-12,14,18-24H2,1-3H3,(H,39,47)(H,40,44)(H,41,46)/b;17-10-/t2*27-,28-,30+,31-,38-/m11/s1. The van der Waals surface area contributed by atoms with Gasteiger partial charge in [-0.05, 0) is 134 Å². The van der Waals surface area contributed by atoms with Gasteiger partial charge in [-0.2, -0.15) is 0 Å². The van der Waals surface area contributed by atoms with Crippen molar-refractivity contribution >= 4 is 79.9 Å². The predicted octanol–water partition coefficient (Wildman–Crippen LogP) is 7.86. The zero-order valence-corrected chi connectivity index (χ0v) is 63.9. The Bertz CT molecular complexity index is 3930. The lowest BCUT2D eigenvalue weighted by Gasteiger charge is -2.35. The SMILES string of the molecule is CC(C)(C)[C@@H]1NC(=O)OCCCCCCc2cccc3c2CN(C3)C(=O)O[C@@H]2C[C@@H](C(=O)N[C@]34C[C@H]3/C=C\CCCCCS(=O)(=O)NC4=O)N(C2)C1=O.CC(C)(C)[C@@H]1NC(=O)OCCCCCCc2cccc3c2CN(C3)C(=O)O[C@@H]2C[C@@H](C(=O)N[C@]34C[C@H]3CCCCCCCS(=O)(=O)NC4=O)N(C2)C1=O. The van der Waals surface area contributed by atoms with E-state index in [-0.39, 0.29) is 69.4 Å². The highest BCUT2D eigenvalue weighted by atomic mass is 32.2. The van der Waals surface area contributed by atoms with E-state index in [1.807, 2.05) is 36.4 Å². The van der Waals surface area contributed by atoms with E-state index < -0.39 is 144 Å². The van der Waals surface area contributed by atoms with Gasteiger partial charge in [-0.1, -0.05) is 148 Å². The Morgan fingerprint density at radius 1 is 0.509 bits per heavy atom. The van der Waals surface area contributed by atoms with Crippen LogP contribution in [0.4, 0.5) is 19.2 Å². The zero-order valence-electron chi connectivity index (χ0n) is 62.2. The van der Waals surface area contributed by atoms with Crippen molar-refractivity contribution in [2.24, 2.45) is 22.7 Å². The largest absolute Gasteiger partial charge is 0.450 e. The summed E-state index contributed by atoms with van der Waals surface area (Å²) in [5.74, 6) is -5.16. The van der Waals surface area contributed by atoms with Crippen molar-refractivity contribution in [3.05, 3.63) is 81.9 Å². The maximum absolute atomic E-state index is 14.5. The van der Waals surface area contributed by atoms with Crippen LogP contribution in [0.3, 0.4) is 0 Å². The lowest BCUT2D eigenvalue weighted by molar-refractivity contribution is -0.143. The van der Waals surface area contributed by atoms with Crippen molar-refractivity contribution in [1.82, 2.24) is 50.3 Å². The van der Waals surface area contributed by atoms with Crippen LogP contribution in [0.1, 0.15) is 216 Å². The summed E-state index contributed by atoms with van der Waals surface area (Å²) >= 11 is 0. The number of nitrogens with zero attached hydrogens (tertiary/aromatic N) is 4. The highest BCUT2D eigenvalue weighted by Crippen LogP contribution is 2.49. The quantitative estimate of drug-likeness (QED) is 0.125. The van der Waals surface area contributed by atoms with Gasteiger partial charge in [0.15, 0.2) is 0 Å². The number of hydrogen-bond acceptors (Lipinski definition) is 18. The second-order valence-corrected chi connectivity index (χ2v) is 36.5. The lowest BCUT2D eigenvalue weighted by atomic mass is 9.85.